The van der Waals surface area contributed by atoms with Crippen molar-refractivity contribution in [3.8, 4) is 6.07 Å². The van der Waals surface area contributed by atoms with Crippen LogP contribution in [0.15, 0.2) is 60.9 Å². The Balaban J connectivity index is 1.07. The molecule has 0 spiro atoms. The molecule has 0 aliphatic carbocycles. The first-order chi connectivity index (χ1) is 25.9. The predicted octanol–water partition coefficient (Wildman–Crippen LogP) is 10.00. The van der Waals surface area contributed by atoms with Crippen molar-refractivity contribution in [1.82, 2.24) is 14.6 Å². The van der Waals surface area contributed by atoms with Crippen molar-refractivity contribution in [3.05, 3.63) is 94.7 Å². The average Bonchev–Trinajstić information content (AvgIpc) is 3.83. The summed E-state index contributed by atoms with van der Waals surface area (Å²) in [6.07, 6.45) is 18.9. The Kier molecular flexibility index (Phi) is 16.9. The van der Waals surface area contributed by atoms with Gasteiger partial charge in [0.1, 0.15) is 29.9 Å². The van der Waals surface area contributed by atoms with Crippen molar-refractivity contribution in [1.29, 1.82) is 5.26 Å². The number of nitrogen functional groups attached to an aromatic ring is 1. The van der Waals surface area contributed by atoms with E-state index in [9.17, 15) is 14.5 Å². The van der Waals surface area contributed by atoms with Crippen molar-refractivity contribution in [3.63, 3.8) is 0 Å². The fourth-order valence-corrected chi connectivity index (χ4v) is 7.51. The van der Waals surface area contributed by atoms with Crippen molar-refractivity contribution < 1.29 is 27.8 Å². The van der Waals surface area contributed by atoms with E-state index in [4.69, 9.17) is 24.3 Å². The Bertz CT molecular complexity index is 1720. The minimum Gasteiger partial charge on any atom is -0.382 e. The van der Waals surface area contributed by atoms with Crippen LogP contribution in [0.5, 0.6) is 0 Å². The Morgan fingerprint density at radius 1 is 0.943 bits per heavy atom. The van der Waals surface area contributed by atoms with Gasteiger partial charge in [-0.15, -0.1) is 0 Å². The lowest BCUT2D eigenvalue weighted by Gasteiger charge is -2.21. The van der Waals surface area contributed by atoms with Gasteiger partial charge in [0.2, 0.25) is 0 Å². The molecule has 2 aromatic carbocycles. The molecule has 2 aromatic heterocycles. The highest BCUT2D eigenvalue weighted by Crippen LogP contribution is 2.39. The second kappa shape index (κ2) is 22.0. The van der Waals surface area contributed by atoms with E-state index in [-0.39, 0.29) is 37.6 Å². The molecule has 12 heteroatoms. The van der Waals surface area contributed by atoms with Crippen molar-refractivity contribution in [2.24, 2.45) is 0 Å². The van der Waals surface area contributed by atoms with Crippen molar-refractivity contribution >= 4 is 19.9 Å². The van der Waals surface area contributed by atoms with Crippen LogP contribution < -0.4 is 5.73 Å². The first-order valence-corrected chi connectivity index (χ1v) is 20.4. The molecule has 1 aliphatic rings. The summed E-state index contributed by atoms with van der Waals surface area (Å²) >= 11 is 0. The Morgan fingerprint density at radius 3 is 2.38 bits per heavy atom. The number of anilines is 1. The van der Waals surface area contributed by atoms with E-state index in [1.807, 2.05) is 30.3 Å². The molecule has 0 bridgehead atoms. The highest BCUT2D eigenvalue weighted by Gasteiger charge is 2.30. The summed E-state index contributed by atoms with van der Waals surface area (Å²) in [7, 11) is -2.22. The molecule has 286 valence electrons. The summed E-state index contributed by atoms with van der Waals surface area (Å²) in [4.78, 5) is 14.7. The third-order valence-electron chi connectivity index (χ3n) is 9.86. The van der Waals surface area contributed by atoms with Gasteiger partial charge in [-0.2, -0.15) is 10.4 Å². The fourth-order valence-electron chi connectivity index (χ4n) is 6.88. The van der Waals surface area contributed by atoms with E-state index in [2.05, 4.69) is 29.1 Å². The number of aryl methyl sites for hydroxylation is 1. The summed E-state index contributed by atoms with van der Waals surface area (Å²) in [5, 5.41) is 13.6. The maximum absolute atomic E-state index is 14.1. The molecular weight excluding hydrogens is 692 g/mol. The summed E-state index contributed by atoms with van der Waals surface area (Å²) in [5.41, 5.74) is 10.5. The summed E-state index contributed by atoms with van der Waals surface area (Å²) in [6.45, 7) is 2.51. The minimum absolute atomic E-state index is 0.0200. The first-order valence-electron chi connectivity index (χ1n) is 19.3. The van der Waals surface area contributed by atoms with Gasteiger partial charge in [0.15, 0.2) is 5.82 Å². The lowest BCUT2D eigenvalue weighted by Crippen LogP contribution is -2.15. The second-order valence-corrected chi connectivity index (χ2v) is 15.0. The third kappa shape index (κ3) is 13.1. The molecule has 3 heterocycles. The van der Waals surface area contributed by atoms with E-state index >= 15 is 0 Å². The van der Waals surface area contributed by atoms with E-state index < -0.39 is 20.5 Å². The molecule has 10 nitrogen and oxygen atoms in total. The van der Waals surface area contributed by atoms with Crippen LogP contribution in [0.1, 0.15) is 137 Å². The van der Waals surface area contributed by atoms with Gasteiger partial charge in [-0.25, -0.2) is 13.9 Å². The molecule has 3 N–H and O–H groups in total. The largest absolute Gasteiger partial charge is 0.382 e. The zero-order chi connectivity index (χ0) is 37.3. The number of benzene rings is 2. The van der Waals surface area contributed by atoms with E-state index in [1.165, 1.54) is 94.7 Å². The van der Waals surface area contributed by atoms with Gasteiger partial charge in [0, 0.05) is 0 Å². The molecular formula is C41H55FN5O5P. The number of unbranched alkanes of at least 4 members (excludes halogenated alkanes) is 11. The Morgan fingerprint density at radius 2 is 1.66 bits per heavy atom. The van der Waals surface area contributed by atoms with Crippen LogP contribution in [0.4, 0.5) is 10.2 Å². The molecule has 1 aliphatic heterocycles. The number of fused-ring (bicyclic) bond motifs is 1. The van der Waals surface area contributed by atoms with Gasteiger partial charge in [-0.05, 0) is 72.7 Å². The highest BCUT2D eigenvalue weighted by molar-refractivity contribution is 7.40. The van der Waals surface area contributed by atoms with Crippen LogP contribution in [0.25, 0.3) is 5.52 Å². The number of rotatable bonds is 24. The molecule has 4 aromatic rings. The molecule has 4 atom stereocenters. The van der Waals surface area contributed by atoms with Crippen molar-refractivity contribution in [2.45, 2.75) is 128 Å². The van der Waals surface area contributed by atoms with E-state index in [0.29, 0.717) is 11.4 Å². The zero-order valence-electron chi connectivity index (χ0n) is 31.0. The fraction of sp³-hybridized carbons (Fsp3) is 0.537. The van der Waals surface area contributed by atoms with Crippen LogP contribution >= 0.6 is 8.60 Å². The molecule has 53 heavy (non-hydrogen) atoms. The monoisotopic (exact) mass is 747 g/mol. The van der Waals surface area contributed by atoms with Gasteiger partial charge >= 0.3 is 8.60 Å². The SMILES string of the molecule is CCCCCCCCCCCCCCc1ccc(C(COP(O)OCC2CCC(c3ccc4c(N)ncnn34)O2)OCc2cc(F)cc(C#N)c2)cc1. The second-order valence-electron chi connectivity index (χ2n) is 14.0. The van der Waals surface area contributed by atoms with Gasteiger partial charge in [0.05, 0.1) is 43.3 Å². The van der Waals surface area contributed by atoms with Crippen LogP contribution in [-0.4, -0.2) is 38.8 Å². The summed E-state index contributed by atoms with van der Waals surface area (Å²) in [5.74, 6) is -0.0908. The lowest BCUT2D eigenvalue weighted by atomic mass is 10.0. The summed E-state index contributed by atoms with van der Waals surface area (Å²) in [6, 6.07) is 18.2. The van der Waals surface area contributed by atoms with Crippen LogP contribution in [0.2, 0.25) is 0 Å². The highest BCUT2D eigenvalue weighted by atomic mass is 31.2. The van der Waals surface area contributed by atoms with E-state index in [1.54, 1.807) is 10.6 Å². The molecule has 5 rings (SSSR count). The van der Waals surface area contributed by atoms with Crippen molar-refractivity contribution in [2.75, 3.05) is 18.9 Å². The average molecular weight is 748 g/mol. The van der Waals surface area contributed by atoms with Crippen LogP contribution in [0.3, 0.4) is 0 Å². The number of hydrogen-bond donors (Lipinski definition) is 2. The lowest BCUT2D eigenvalue weighted by molar-refractivity contribution is -0.00702. The molecule has 1 fully saturated rings. The number of ether oxygens (including phenoxy) is 2. The Labute approximate surface area is 314 Å². The maximum Gasteiger partial charge on any atom is 0.330 e. The Hall–Kier alpha value is -3.49. The maximum atomic E-state index is 14.1. The molecule has 0 radical (unpaired) electrons. The quantitative estimate of drug-likeness (QED) is 0.0530. The van der Waals surface area contributed by atoms with E-state index in [0.717, 1.165) is 42.5 Å². The standard InChI is InChI=1S/C41H55FN5O5P/c1-2-3-4-5-6-7-8-9-10-11-12-13-14-31-15-17-34(18-16-31)40(49-27-33-23-32(26-43)24-35(42)25-33)29-51-53(48)50-28-36-19-22-39(52-36)37-20-21-38-41(44)45-30-46-47(37)38/h15-18,20-21,23-25,30,36,39-40,48H,2-14,19,22,27-29H2,1H3,(H2,44,45,46). The summed E-state index contributed by atoms with van der Waals surface area (Å²) < 4.78 is 39.8. The normalized spacial score (nSPS) is 16.9. The molecule has 0 saturated carbocycles. The molecule has 0 amide bonds. The number of halogens is 1. The smallest absolute Gasteiger partial charge is 0.330 e. The van der Waals surface area contributed by atoms with Gasteiger partial charge in [-0.1, -0.05) is 102 Å². The number of nitriles is 1. The topological polar surface area (TPSA) is 137 Å². The van der Waals surface area contributed by atoms with Crippen LogP contribution in [0, 0.1) is 17.1 Å². The van der Waals surface area contributed by atoms with Gasteiger partial charge in [-0.3, -0.25) is 0 Å². The number of aromatic nitrogens is 3. The molecule has 1 saturated heterocycles. The molecule has 4 unspecified atom stereocenters. The third-order valence-corrected chi connectivity index (χ3v) is 10.6. The van der Waals surface area contributed by atoms with Gasteiger partial charge < -0.3 is 29.1 Å². The number of nitrogens with two attached hydrogens (primary N) is 1. The van der Waals surface area contributed by atoms with Gasteiger partial charge in [0.25, 0.3) is 0 Å². The first kappa shape index (κ1) is 40.7. The van der Waals surface area contributed by atoms with Crippen LogP contribution in [-0.2, 0) is 31.5 Å². The minimum atomic E-state index is -2.22. The number of hydrogen-bond acceptors (Lipinski definition) is 9. The zero-order valence-corrected chi connectivity index (χ0v) is 31.9. The predicted molar refractivity (Wildman–Crippen MR) is 205 cm³/mol. The number of nitrogens with zero attached hydrogens (tertiary/aromatic N) is 4.